The summed E-state index contributed by atoms with van der Waals surface area (Å²) in [4.78, 5) is 2.33. The predicted molar refractivity (Wildman–Crippen MR) is 68.0 cm³/mol. The van der Waals surface area contributed by atoms with Gasteiger partial charge in [0.1, 0.15) is 0 Å². The van der Waals surface area contributed by atoms with Crippen LogP contribution >= 0.6 is 0 Å². The van der Waals surface area contributed by atoms with Crippen LogP contribution in [0.15, 0.2) is 18.2 Å². The van der Waals surface area contributed by atoms with E-state index in [4.69, 9.17) is 11.5 Å². The van der Waals surface area contributed by atoms with Crippen LogP contribution in [0.2, 0.25) is 0 Å². The fourth-order valence-electron chi connectivity index (χ4n) is 1.67. The maximum atomic E-state index is 5.80. The molecule has 0 aliphatic carbocycles. The van der Waals surface area contributed by atoms with Gasteiger partial charge in [-0.1, -0.05) is 6.92 Å². The van der Waals surface area contributed by atoms with Gasteiger partial charge >= 0.3 is 0 Å². The number of rotatable bonds is 4. The zero-order valence-electron chi connectivity index (χ0n) is 9.83. The summed E-state index contributed by atoms with van der Waals surface area (Å²) in [6.45, 7) is 7.58. The smallest absolute Gasteiger partial charge is 0.0568 e. The third-order valence-electron chi connectivity index (χ3n) is 2.49. The Kier molecular flexibility index (Phi) is 3.83. The minimum atomic E-state index is 0.480. The maximum Gasteiger partial charge on any atom is 0.0568 e. The van der Waals surface area contributed by atoms with Crippen molar-refractivity contribution in [3.8, 4) is 0 Å². The highest BCUT2D eigenvalue weighted by atomic mass is 15.1. The van der Waals surface area contributed by atoms with Crippen LogP contribution in [-0.4, -0.2) is 12.6 Å². The molecule has 1 aromatic carbocycles. The Balaban J connectivity index is 2.95. The van der Waals surface area contributed by atoms with Crippen molar-refractivity contribution < 1.29 is 0 Å². The molecule has 0 fully saturated rings. The number of nitrogens with zero attached hydrogens (tertiary/aromatic N) is 1. The van der Waals surface area contributed by atoms with Crippen LogP contribution in [0.25, 0.3) is 0 Å². The molecule has 0 saturated heterocycles. The molecule has 1 aromatic rings. The van der Waals surface area contributed by atoms with Crippen molar-refractivity contribution in [2.75, 3.05) is 22.9 Å². The lowest BCUT2D eigenvalue weighted by atomic mass is 10.2. The van der Waals surface area contributed by atoms with Crippen molar-refractivity contribution >= 4 is 17.1 Å². The summed E-state index contributed by atoms with van der Waals surface area (Å²) < 4.78 is 0. The number of hydrogen-bond donors (Lipinski definition) is 2. The fraction of sp³-hybridized carbons (Fsp3) is 0.500. The molecule has 0 saturated carbocycles. The molecular weight excluding hydrogens is 186 g/mol. The minimum Gasteiger partial charge on any atom is -0.397 e. The highest BCUT2D eigenvalue weighted by Gasteiger charge is 2.10. The molecular formula is C12H21N3. The van der Waals surface area contributed by atoms with Gasteiger partial charge in [0.2, 0.25) is 0 Å². The van der Waals surface area contributed by atoms with Gasteiger partial charge in [0, 0.05) is 18.3 Å². The second kappa shape index (κ2) is 4.91. The average molecular weight is 207 g/mol. The van der Waals surface area contributed by atoms with Gasteiger partial charge in [0.05, 0.1) is 11.4 Å². The molecule has 0 aromatic heterocycles. The van der Waals surface area contributed by atoms with E-state index >= 15 is 0 Å². The van der Waals surface area contributed by atoms with Crippen LogP contribution in [0, 0.1) is 0 Å². The molecule has 0 heterocycles. The summed E-state index contributed by atoms with van der Waals surface area (Å²) >= 11 is 0. The first-order valence-electron chi connectivity index (χ1n) is 5.48. The fourth-order valence-corrected chi connectivity index (χ4v) is 1.67. The highest BCUT2D eigenvalue weighted by Crippen LogP contribution is 2.24. The second-order valence-electron chi connectivity index (χ2n) is 4.10. The number of anilines is 3. The van der Waals surface area contributed by atoms with Crippen molar-refractivity contribution in [1.82, 2.24) is 0 Å². The third kappa shape index (κ3) is 2.78. The molecule has 15 heavy (non-hydrogen) atoms. The summed E-state index contributed by atoms with van der Waals surface area (Å²) in [6, 6.07) is 6.33. The number of nitrogens with two attached hydrogens (primary N) is 2. The lowest BCUT2D eigenvalue weighted by Crippen LogP contribution is -2.31. The quantitative estimate of drug-likeness (QED) is 0.746. The predicted octanol–water partition coefficient (Wildman–Crippen LogP) is 2.48. The van der Waals surface area contributed by atoms with Crippen molar-refractivity contribution in [1.29, 1.82) is 0 Å². The highest BCUT2D eigenvalue weighted by molar-refractivity contribution is 5.70. The monoisotopic (exact) mass is 207 g/mol. The van der Waals surface area contributed by atoms with Crippen LogP contribution in [0.4, 0.5) is 17.1 Å². The molecule has 0 unspecified atom stereocenters. The normalized spacial score (nSPS) is 10.7. The molecule has 0 amide bonds. The molecule has 0 spiro atoms. The van der Waals surface area contributed by atoms with Crippen LogP contribution in [-0.2, 0) is 0 Å². The van der Waals surface area contributed by atoms with Crippen LogP contribution in [0.3, 0.4) is 0 Å². The summed E-state index contributed by atoms with van der Waals surface area (Å²) in [7, 11) is 0. The molecule has 3 heteroatoms. The van der Waals surface area contributed by atoms with Crippen molar-refractivity contribution in [2.24, 2.45) is 0 Å². The number of nitrogen functional groups attached to an aromatic ring is 2. The van der Waals surface area contributed by atoms with E-state index in [1.54, 1.807) is 0 Å². The van der Waals surface area contributed by atoms with Gasteiger partial charge in [0.15, 0.2) is 0 Å². The molecule has 0 aliphatic heterocycles. The Morgan fingerprint density at radius 3 is 2.33 bits per heavy atom. The zero-order valence-corrected chi connectivity index (χ0v) is 9.83. The Morgan fingerprint density at radius 1 is 1.20 bits per heavy atom. The van der Waals surface area contributed by atoms with Gasteiger partial charge < -0.3 is 16.4 Å². The Bertz CT molecular complexity index is 321. The first-order chi connectivity index (χ1) is 7.06. The van der Waals surface area contributed by atoms with Gasteiger partial charge in [-0.05, 0) is 38.5 Å². The van der Waals surface area contributed by atoms with Crippen LogP contribution in [0.1, 0.15) is 27.2 Å². The Morgan fingerprint density at radius 2 is 1.87 bits per heavy atom. The third-order valence-corrected chi connectivity index (χ3v) is 2.49. The standard InChI is InChI=1S/C12H21N3/c1-4-7-15(9(2)3)10-5-6-11(13)12(14)8-10/h5-6,8-9H,4,7,13-14H2,1-3H3. The van der Waals surface area contributed by atoms with E-state index in [-0.39, 0.29) is 0 Å². The van der Waals surface area contributed by atoms with E-state index in [2.05, 4.69) is 25.7 Å². The zero-order chi connectivity index (χ0) is 11.4. The molecule has 0 bridgehead atoms. The van der Waals surface area contributed by atoms with Gasteiger partial charge in [-0.25, -0.2) is 0 Å². The molecule has 0 aliphatic rings. The maximum absolute atomic E-state index is 5.80. The number of hydrogen-bond acceptors (Lipinski definition) is 3. The largest absolute Gasteiger partial charge is 0.397 e. The first kappa shape index (κ1) is 11.7. The van der Waals surface area contributed by atoms with E-state index < -0.39 is 0 Å². The minimum absolute atomic E-state index is 0.480. The van der Waals surface area contributed by atoms with E-state index in [0.29, 0.717) is 17.4 Å². The summed E-state index contributed by atoms with van der Waals surface area (Å²) in [5.74, 6) is 0. The first-order valence-corrected chi connectivity index (χ1v) is 5.48. The molecule has 1 rings (SSSR count). The van der Waals surface area contributed by atoms with E-state index in [1.807, 2.05) is 18.2 Å². The van der Waals surface area contributed by atoms with Crippen molar-refractivity contribution in [3.63, 3.8) is 0 Å². The summed E-state index contributed by atoms with van der Waals surface area (Å²) in [5.41, 5.74) is 14.0. The molecule has 4 N–H and O–H groups in total. The molecule has 84 valence electrons. The summed E-state index contributed by atoms with van der Waals surface area (Å²) in [5, 5.41) is 0. The van der Waals surface area contributed by atoms with Gasteiger partial charge in [-0.3, -0.25) is 0 Å². The average Bonchev–Trinajstić information content (AvgIpc) is 2.18. The Hall–Kier alpha value is -1.38. The second-order valence-corrected chi connectivity index (χ2v) is 4.10. The molecule has 0 atom stereocenters. The topological polar surface area (TPSA) is 55.3 Å². The van der Waals surface area contributed by atoms with Gasteiger partial charge in [-0.15, -0.1) is 0 Å². The van der Waals surface area contributed by atoms with Gasteiger partial charge in [-0.2, -0.15) is 0 Å². The summed E-state index contributed by atoms with van der Waals surface area (Å²) in [6.07, 6.45) is 1.13. The van der Waals surface area contributed by atoms with Crippen LogP contribution in [0.5, 0.6) is 0 Å². The molecule has 3 nitrogen and oxygen atoms in total. The molecule has 0 radical (unpaired) electrons. The number of benzene rings is 1. The van der Waals surface area contributed by atoms with Crippen molar-refractivity contribution in [3.05, 3.63) is 18.2 Å². The lowest BCUT2D eigenvalue weighted by molar-refractivity contribution is 0.671. The Labute approximate surface area is 92.1 Å². The van der Waals surface area contributed by atoms with E-state index in [0.717, 1.165) is 18.7 Å². The van der Waals surface area contributed by atoms with Crippen molar-refractivity contribution in [2.45, 2.75) is 33.2 Å². The SMILES string of the molecule is CCCN(c1ccc(N)c(N)c1)C(C)C. The van der Waals surface area contributed by atoms with E-state index in [9.17, 15) is 0 Å². The van der Waals surface area contributed by atoms with Crippen LogP contribution < -0.4 is 16.4 Å². The van der Waals surface area contributed by atoms with E-state index in [1.165, 1.54) is 0 Å². The lowest BCUT2D eigenvalue weighted by Gasteiger charge is -2.29. The van der Waals surface area contributed by atoms with Gasteiger partial charge in [0.25, 0.3) is 0 Å².